The molecule has 2 unspecified atom stereocenters. The fraction of sp³-hybridized carbons (Fsp3) is 0.294. The summed E-state index contributed by atoms with van der Waals surface area (Å²) in [6, 6.07) is 13.2. The molecule has 2 aromatic carbocycles. The first kappa shape index (κ1) is 13.1. The second-order valence-corrected chi connectivity index (χ2v) is 5.30. The summed E-state index contributed by atoms with van der Waals surface area (Å²) in [5.74, 6) is 0.738. The number of rotatable bonds is 3. The first-order valence-corrected chi connectivity index (χ1v) is 6.86. The van der Waals surface area contributed by atoms with Gasteiger partial charge in [0.05, 0.1) is 6.04 Å². The van der Waals surface area contributed by atoms with E-state index in [0.29, 0.717) is 0 Å². The molecule has 1 N–H and O–H groups in total. The van der Waals surface area contributed by atoms with E-state index in [9.17, 15) is 4.39 Å². The van der Waals surface area contributed by atoms with E-state index in [1.165, 1.54) is 5.56 Å². The van der Waals surface area contributed by atoms with Crippen LogP contribution in [0.5, 0.6) is 5.75 Å². The van der Waals surface area contributed by atoms with Crippen molar-refractivity contribution < 1.29 is 9.13 Å². The SMILES string of the molecule is CNC(c1cc(C)cc(F)c1)C1Cc2ccccc2O1. The Kier molecular flexibility index (Phi) is 3.45. The van der Waals surface area contributed by atoms with Crippen LogP contribution in [0.3, 0.4) is 0 Å². The van der Waals surface area contributed by atoms with Crippen molar-refractivity contribution in [3.63, 3.8) is 0 Å². The van der Waals surface area contributed by atoms with E-state index < -0.39 is 0 Å². The zero-order chi connectivity index (χ0) is 14.1. The zero-order valence-corrected chi connectivity index (χ0v) is 11.7. The molecular formula is C17H18FNO. The summed E-state index contributed by atoms with van der Waals surface area (Å²) in [6.45, 7) is 1.91. The first-order chi connectivity index (χ1) is 9.67. The standard InChI is InChI=1S/C17H18FNO/c1-11-7-13(9-14(18)8-11)17(19-2)16-10-12-5-3-4-6-15(12)20-16/h3-9,16-17,19H,10H2,1-2H3. The molecule has 2 atom stereocenters. The Bertz CT molecular complexity index is 581. The van der Waals surface area contributed by atoms with Crippen LogP contribution in [0.2, 0.25) is 0 Å². The minimum absolute atomic E-state index is 0.00130. The lowest BCUT2D eigenvalue weighted by molar-refractivity contribution is 0.183. The summed E-state index contributed by atoms with van der Waals surface area (Å²) in [6.07, 6.45) is 0.843. The van der Waals surface area contributed by atoms with E-state index >= 15 is 0 Å². The van der Waals surface area contributed by atoms with Gasteiger partial charge < -0.3 is 10.1 Å². The van der Waals surface area contributed by atoms with Crippen LogP contribution in [0.1, 0.15) is 22.7 Å². The lowest BCUT2D eigenvalue weighted by Crippen LogP contribution is -2.32. The third-order valence-electron chi connectivity index (χ3n) is 3.78. The maximum absolute atomic E-state index is 13.6. The summed E-state index contributed by atoms with van der Waals surface area (Å²) in [5, 5.41) is 3.26. The molecule has 0 aromatic heterocycles. The van der Waals surface area contributed by atoms with Crippen molar-refractivity contribution in [2.75, 3.05) is 7.05 Å². The molecule has 1 heterocycles. The van der Waals surface area contributed by atoms with Crippen molar-refractivity contribution in [2.45, 2.75) is 25.5 Å². The van der Waals surface area contributed by atoms with Crippen molar-refractivity contribution in [3.05, 3.63) is 65.0 Å². The molecule has 0 saturated carbocycles. The van der Waals surface area contributed by atoms with Crippen molar-refractivity contribution in [1.82, 2.24) is 5.32 Å². The van der Waals surface area contributed by atoms with Crippen LogP contribution >= 0.6 is 0 Å². The maximum atomic E-state index is 13.6. The van der Waals surface area contributed by atoms with Gasteiger partial charge in [0.15, 0.2) is 0 Å². The molecule has 3 heteroatoms. The van der Waals surface area contributed by atoms with Crippen LogP contribution in [0.25, 0.3) is 0 Å². The molecule has 0 bridgehead atoms. The summed E-state index contributed by atoms with van der Waals surface area (Å²) in [7, 11) is 1.89. The number of likely N-dealkylation sites (N-methyl/N-ethyl adjacent to an activating group) is 1. The van der Waals surface area contributed by atoms with Crippen molar-refractivity contribution in [2.24, 2.45) is 0 Å². The molecule has 0 fully saturated rings. The highest BCUT2D eigenvalue weighted by Crippen LogP contribution is 2.34. The topological polar surface area (TPSA) is 21.3 Å². The Balaban J connectivity index is 1.88. The van der Waals surface area contributed by atoms with Gasteiger partial charge in [-0.2, -0.15) is 0 Å². The van der Waals surface area contributed by atoms with Crippen molar-refractivity contribution >= 4 is 0 Å². The number of aryl methyl sites for hydroxylation is 1. The summed E-state index contributed by atoms with van der Waals surface area (Å²) < 4.78 is 19.6. The Morgan fingerprint density at radius 2 is 2.05 bits per heavy atom. The third-order valence-corrected chi connectivity index (χ3v) is 3.78. The number of halogens is 1. The lowest BCUT2D eigenvalue weighted by atomic mass is 9.96. The molecule has 0 radical (unpaired) electrons. The van der Waals surface area contributed by atoms with Crippen LogP contribution in [-0.4, -0.2) is 13.2 Å². The number of para-hydroxylation sites is 1. The molecular weight excluding hydrogens is 253 g/mol. The van der Waals surface area contributed by atoms with E-state index in [2.05, 4.69) is 11.4 Å². The monoisotopic (exact) mass is 271 g/mol. The third kappa shape index (κ3) is 2.41. The highest BCUT2D eigenvalue weighted by atomic mass is 19.1. The van der Waals surface area contributed by atoms with Gasteiger partial charge in [0, 0.05) is 6.42 Å². The van der Waals surface area contributed by atoms with E-state index in [-0.39, 0.29) is 18.0 Å². The quantitative estimate of drug-likeness (QED) is 0.924. The van der Waals surface area contributed by atoms with Crippen LogP contribution in [0, 0.1) is 12.7 Å². The largest absolute Gasteiger partial charge is 0.488 e. The molecule has 1 aliphatic rings. The van der Waals surface area contributed by atoms with Crippen LogP contribution in [0.4, 0.5) is 4.39 Å². The second kappa shape index (κ2) is 5.25. The molecule has 104 valence electrons. The summed E-state index contributed by atoms with van der Waals surface area (Å²) in [5.41, 5.74) is 3.07. The van der Waals surface area contributed by atoms with Gasteiger partial charge in [-0.1, -0.05) is 24.3 Å². The second-order valence-electron chi connectivity index (χ2n) is 5.30. The predicted octanol–water partition coefficient (Wildman–Crippen LogP) is 3.40. The fourth-order valence-corrected chi connectivity index (χ4v) is 2.91. The molecule has 0 aliphatic carbocycles. The van der Waals surface area contributed by atoms with Crippen LogP contribution < -0.4 is 10.1 Å². The van der Waals surface area contributed by atoms with Gasteiger partial charge in [0.2, 0.25) is 0 Å². The van der Waals surface area contributed by atoms with Gasteiger partial charge >= 0.3 is 0 Å². The van der Waals surface area contributed by atoms with Gasteiger partial charge in [0.1, 0.15) is 17.7 Å². The molecule has 1 aliphatic heterocycles. The van der Waals surface area contributed by atoms with Crippen molar-refractivity contribution in [3.8, 4) is 5.75 Å². The average Bonchev–Trinajstić information content (AvgIpc) is 2.81. The minimum atomic E-state index is -0.198. The molecule has 0 amide bonds. The lowest BCUT2D eigenvalue weighted by Gasteiger charge is -2.23. The van der Waals surface area contributed by atoms with Crippen LogP contribution in [0.15, 0.2) is 42.5 Å². The molecule has 3 rings (SSSR count). The molecule has 2 nitrogen and oxygen atoms in total. The number of ether oxygens (including phenoxy) is 1. The Morgan fingerprint density at radius 3 is 2.75 bits per heavy atom. The Labute approximate surface area is 118 Å². The highest BCUT2D eigenvalue weighted by Gasteiger charge is 2.30. The fourth-order valence-electron chi connectivity index (χ4n) is 2.91. The summed E-state index contributed by atoms with van der Waals surface area (Å²) in [4.78, 5) is 0. The Hall–Kier alpha value is -1.87. The van der Waals surface area contributed by atoms with E-state index in [1.807, 2.05) is 38.2 Å². The normalized spacial score (nSPS) is 18.4. The maximum Gasteiger partial charge on any atom is 0.123 e. The number of fused-ring (bicyclic) bond motifs is 1. The number of benzene rings is 2. The van der Waals surface area contributed by atoms with E-state index in [4.69, 9.17) is 4.74 Å². The van der Waals surface area contributed by atoms with Gasteiger partial charge in [-0.25, -0.2) is 4.39 Å². The van der Waals surface area contributed by atoms with Gasteiger partial charge in [-0.15, -0.1) is 0 Å². The van der Waals surface area contributed by atoms with Gasteiger partial charge in [0.25, 0.3) is 0 Å². The summed E-state index contributed by atoms with van der Waals surface area (Å²) >= 11 is 0. The zero-order valence-electron chi connectivity index (χ0n) is 11.7. The molecule has 2 aromatic rings. The minimum Gasteiger partial charge on any atom is -0.488 e. The smallest absolute Gasteiger partial charge is 0.123 e. The van der Waals surface area contributed by atoms with E-state index in [0.717, 1.165) is 23.3 Å². The van der Waals surface area contributed by atoms with Gasteiger partial charge in [-0.05, 0) is 48.9 Å². The molecule has 20 heavy (non-hydrogen) atoms. The van der Waals surface area contributed by atoms with Crippen molar-refractivity contribution in [1.29, 1.82) is 0 Å². The van der Waals surface area contributed by atoms with Gasteiger partial charge in [-0.3, -0.25) is 0 Å². The van der Waals surface area contributed by atoms with Crippen LogP contribution in [-0.2, 0) is 6.42 Å². The molecule has 0 saturated heterocycles. The average molecular weight is 271 g/mol. The first-order valence-electron chi connectivity index (χ1n) is 6.86. The molecule has 0 spiro atoms. The van der Waals surface area contributed by atoms with E-state index in [1.54, 1.807) is 12.1 Å². The number of nitrogens with one attached hydrogen (secondary N) is 1. The number of hydrogen-bond donors (Lipinski definition) is 1. The number of hydrogen-bond acceptors (Lipinski definition) is 2. The Morgan fingerprint density at radius 1 is 1.25 bits per heavy atom. The highest BCUT2D eigenvalue weighted by molar-refractivity contribution is 5.39. The predicted molar refractivity (Wildman–Crippen MR) is 77.5 cm³/mol.